The van der Waals surface area contributed by atoms with E-state index in [1.165, 1.54) is 35.7 Å². The van der Waals surface area contributed by atoms with Crippen LogP contribution in [0.25, 0.3) is 0 Å². The van der Waals surface area contributed by atoms with Crippen LogP contribution >= 0.6 is 0 Å². The molecule has 0 atom stereocenters. The molecular weight excluding hydrogens is 371 g/mol. The van der Waals surface area contributed by atoms with E-state index in [-0.39, 0.29) is 36.1 Å². The van der Waals surface area contributed by atoms with E-state index in [1.807, 2.05) is 0 Å². The fourth-order valence-electron chi connectivity index (χ4n) is 3.01. The van der Waals surface area contributed by atoms with E-state index in [2.05, 4.69) is 0 Å². The van der Waals surface area contributed by atoms with Crippen LogP contribution in [0, 0.1) is 5.82 Å². The lowest BCUT2D eigenvalue weighted by atomic mass is 10.1. The number of piperazine rings is 1. The molecule has 1 amide bonds. The number of methoxy groups -OCH3 is 1. The fourth-order valence-corrected chi connectivity index (χ4v) is 4.43. The first kappa shape index (κ1) is 19.3. The average Bonchev–Trinajstić information content (AvgIpc) is 2.68. The molecule has 27 heavy (non-hydrogen) atoms. The molecule has 1 saturated heterocycles. The molecule has 2 aromatic carbocycles. The average molecular weight is 392 g/mol. The Kier molecular flexibility index (Phi) is 5.76. The quantitative estimate of drug-likeness (QED) is 0.780. The van der Waals surface area contributed by atoms with Crippen molar-refractivity contribution in [1.29, 1.82) is 0 Å². The van der Waals surface area contributed by atoms with Gasteiger partial charge in [-0.15, -0.1) is 0 Å². The van der Waals surface area contributed by atoms with Gasteiger partial charge in [0, 0.05) is 26.2 Å². The normalized spacial score (nSPS) is 15.6. The molecule has 2 aromatic rings. The molecule has 144 valence electrons. The van der Waals surface area contributed by atoms with Crippen molar-refractivity contribution in [2.45, 2.75) is 11.3 Å². The number of carbonyl (C=O) groups excluding carboxylic acids is 1. The predicted octanol–water partition coefficient (Wildman–Crippen LogP) is 1.91. The topological polar surface area (TPSA) is 66.9 Å². The second kappa shape index (κ2) is 8.06. The van der Waals surface area contributed by atoms with Crippen molar-refractivity contribution in [2.24, 2.45) is 0 Å². The molecule has 0 aromatic heterocycles. The third-order valence-electron chi connectivity index (χ3n) is 4.53. The minimum Gasteiger partial charge on any atom is -0.497 e. The number of benzene rings is 2. The molecule has 0 N–H and O–H groups in total. The van der Waals surface area contributed by atoms with Gasteiger partial charge in [-0.05, 0) is 42.0 Å². The van der Waals surface area contributed by atoms with E-state index >= 15 is 0 Å². The molecule has 1 aliphatic heterocycles. The van der Waals surface area contributed by atoms with Crippen molar-refractivity contribution in [2.75, 3.05) is 33.3 Å². The number of nitrogens with zero attached hydrogens (tertiary/aromatic N) is 2. The lowest BCUT2D eigenvalue weighted by molar-refractivity contribution is -0.131. The molecule has 3 rings (SSSR count). The molecule has 0 aliphatic carbocycles. The minimum atomic E-state index is -3.61. The molecule has 0 unspecified atom stereocenters. The lowest BCUT2D eigenvalue weighted by Crippen LogP contribution is -2.50. The summed E-state index contributed by atoms with van der Waals surface area (Å²) in [6.45, 7) is 1.07. The van der Waals surface area contributed by atoms with Crippen LogP contribution in [0.2, 0.25) is 0 Å². The summed E-state index contributed by atoms with van der Waals surface area (Å²) in [4.78, 5) is 14.2. The maximum absolute atomic E-state index is 13.2. The van der Waals surface area contributed by atoms with Gasteiger partial charge in [0.05, 0.1) is 18.4 Å². The maximum Gasteiger partial charge on any atom is 0.243 e. The second-order valence-corrected chi connectivity index (χ2v) is 8.21. The number of rotatable bonds is 5. The van der Waals surface area contributed by atoms with Gasteiger partial charge in [0.2, 0.25) is 15.9 Å². The van der Waals surface area contributed by atoms with Crippen LogP contribution < -0.4 is 4.74 Å². The molecule has 0 saturated carbocycles. The summed E-state index contributed by atoms with van der Waals surface area (Å²) in [5.41, 5.74) is 0.605. The van der Waals surface area contributed by atoms with Gasteiger partial charge in [0.25, 0.3) is 0 Å². The van der Waals surface area contributed by atoms with E-state index in [0.717, 1.165) is 0 Å². The minimum absolute atomic E-state index is 0.100. The molecule has 1 heterocycles. The van der Waals surface area contributed by atoms with E-state index in [4.69, 9.17) is 4.74 Å². The third-order valence-corrected chi connectivity index (χ3v) is 6.45. The van der Waals surface area contributed by atoms with E-state index in [0.29, 0.717) is 24.4 Å². The monoisotopic (exact) mass is 392 g/mol. The number of hydrogen-bond acceptors (Lipinski definition) is 4. The van der Waals surface area contributed by atoms with Crippen LogP contribution in [-0.4, -0.2) is 56.8 Å². The Balaban J connectivity index is 1.61. The van der Waals surface area contributed by atoms with Crippen LogP contribution in [0.15, 0.2) is 53.4 Å². The van der Waals surface area contributed by atoms with Crippen LogP contribution in [-0.2, 0) is 21.2 Å². The Morgan fingerprint density at radius 3 is 2.33 bits per heavy atom. The Morgan fingerprint density at radius 1 is 1.07 bits per heavy atom. The number of carbonyl (C=O) groups is 1. The first-order chi connectivity index (χ1) is 12.9. The molecular formula is C19H21FN2O4S. The van der Waals surface area contributed by atoms with E-state index in [1.54, 1.807) is 29.2 Å². The Morgan fingerprint density at radius 2 is 1.74 bits per heavy atom. The lowest BCUT2D eigenvalue weighted by Gasteiger charge is -2.34. The Bertz CT molecular complexity index is 908. The molecule has 0 spiro atoms. The summed E-state index contributed by atoms with van der Waals surface area (Å²) < 4.78 is 45.1. The molecule has 6 nitrogen and oxygen atoms in total. The van der Waals surface area contributed by atoms with Crippen LogP contribution in [0.3, 0.4) is 0 Å². The molecule has 1 aliphatic rings. The van der Waals surface area contributed by atoms with Crippen molar-refractivity contribution >= 4 is 15.9 Å². The van der Waals surface area contributed by atoms with Crippen LogP contribution in [0.4, 0.5) is 4.39 Å². The summed E-state index contributed by atoms with van der Waals surface area (Å²) >= 11 is 0. The number of halogens is 1. The van der Waals surface area contributed by atoms with Crippen LogP contribution in [0.1, 0.15) is 5.56 Å². The van der Waals surface area contributed by atoms with E-state index < -0.39 is 10.0 Å². The van der Waals surface area contributed by atoms with Gasteiger partial charge in [0.1, 0.15) is 11.6 Å². The van der Waals surface area contributed by atoms with Gasteiger partial charge in [0.15, 0.2) is 0 Å². The number of hydrogen-bond donors (Lipinski definition) is 0. The SMILES string of the molecule is COc1ccc(S(=O)(=O)N2CCN(C(=O)Cc3cccc(F)c3)CC2)cc1. The van der Waals surface area contributed by atoms with Gasteiger partial charge in [-0.3, -0.25) is 4.79 Å². The highest BCUT2D eigenvalue weighted by atomic mass is 32.2. The van der Waals surface area contributed by atoms with Gasteiger partial charge in [-0.25, -0.2) is 12.8 Å². The Hall–Kier alpha value is -2.45. The zero-order valence-electron chi connectivity index (χ0n) is 15.0. The van der Waals surface area contributed by atoms with Crippen molar-refractivity contribution < 1.29 is 22.3 Å². The van der Waals surface area contributed by atoms with E-state index in [9.17, 15) is 17.6 Å². The molecule has 0 bridgehead atoms. The largest absolute Gasteiger partial charge is 0.497 e. The summed E-state index contributed by atoms with van der Waals surface area (Å²) in [5, 5.41) is 0. The molecule has 0 radical (unpaired) electrons. The van der Waals surface area contributed by atoms with Crippen molar-refractivity contribution in [3.8, 4) is 5.75 Å². The number of amides is 1. The smallest absolute Gasteiger partial charge is 0.243 e. The second-order valence-electron chi connectivity index (χ2n) is 6.27. The van der Waals surface area contributed by atoms with Crippen molar-refractivity contribution in [1.82, 2.24) is 9.21 Å². The summed E-state index contributed by atoms with van der Waals surface area (Å²) in [5.74, 6) is 0.0690. The number of sulfonamides is 1. The molecule has 8 heteroatoms. The van der Waals surface area contributed by atoms with Crippen molar-refractivity contribution in [3.63, 3.8) is 0 Å². The maximum atomic E-state index is 13.2. The molecule has 1 fully saturated rings. The van der Waals surface area contributed by atoms with Gasteiger partial charge in [-0.1, -0.05) is 12.1 Å². The highest BCUT2D eigenvalue weighted by molar-refractivity contribution is 7.89. The summed E-state index contributed by atoms with van der Waals surface area (Å²) in [7, 11) is -2.09. The zero-order valence-corrected chi connectivity index (χ0v) is 15.8. The highest BCUT2D eigenvalue weighted by Crippen LogP contribution is 2.21. The van der Waals surface area contributed by atoms with Crippen LogP contribution in [0.5, 0.6) is 5.75 Å². The van der Waals surface area contributed by atoms with Gasteiger partial charge >= 0.3 is 0 Å². The van der Waals surface area contributed by atoms with Gasteiger partial charge < -0.3 is 9.64 Å². The third kappa shape index (κ3) is 4.45. The first-order valence-corrected chi connectivity index (χ1v) is 10.0. The first-order valence-electron chi connectivity index (χ1n) is 8.56. The summed E-state index contributed by atoms with van der Waals surface area (Å²) in [6.07, 6.45) is 0.100. The fraction of sp³-hybridized carbons (Fsp3) is 0.316. The summed E-state index contributed by atoms with van der Waals surface area (Å²) in [6, 6.07) is 12.2. The van der Waals surface area contributed by atoms with Gasteiger partial charge in [-0.2, -0.15) is 4.31 Å². The number of ether oxygens (including phenoxy) is 1. The van der Waals surface area contributed by atoms with Crippen molar-refractivity contribution in [3.05, 3.63) is 59.9 Å². The Labute approximate surface area is 158 Å². The predicted molar refractivity (Wildman–Crippen MR) is 98.4 cm³/mol. The standard InChI is InChI=1S/C19H21FN2O4S/c1-26-17-5-7-18(8-6-17)27(24,25)22-11-9-21(10-12-22)19(23)14-15-3-2-4-16(20)13-15/h2-8,13H,9-12,14H2,1H3. The highest BCUT2D eigenvalue weighted by Gasteiger charge is 2.30. The zero-order chi connectivity index (χ0) is 19.4.